The minimum atomic E-state index is -0.0725. The summed E-state index contributed by atoms with van der Waals surface area (Å²) in [4.78, 5) is 17.0. The molecule has 2 aliphatic rings. The molecule has 2 aromatic rings. The molecule has 0 atom stereocenters. The van der Waals surface area contributed by atoms with Gasteiger partial charge in [-0.05, 0) is 30.3 Å². The minimum Gasteiger partial charge on any atom is -0.383 e. The first kappa shape index (κ1) is 18.5. The zero-order valence-electron chi connectivity index (χ0n) is 16.1. The predicted molar refractivity (Wildman–Crippen MR) is 114 cm³/mol. The van der Waals surface area contributed by atoms with Gasteiger partial charge >= 0.3 is 0 Å². The molecule has 4 rings (SSSR count). The fourth-order valence-corrected chi connectivity index (χ4v) is 3.66. The SMILES string of the molecule is COCCN1CCN(c2ccc(NC=C3C(=O)Nc4ccccc43)cc2)CC1. The van der Waals surface area contributed by atoms with Crippen LogP contribution in [-0.4, -0.2) is 57.2 Å². The number of carbonyl (C=O) groups excluding carboxylic acids is 1. The van der Waals surface area contributed by atoms with E-state index in [-0.39, 0.29) is 5.91 Å². The van der Waals surface area contributed by atoms with Crippen LogP contribution in [0.25, 0.3) is 5.57 Å². The number of rotatable bonds is 6. The fourth-order valence-electron chi connectivity index (χ4n) is 3.66. The van der Waals surface area contributed by atoms with Gasteiger partial charge in [0.25, 0.3) is 5.91 Å². The molecule has 0 radical (unpaired) electrons. The number of hydrogen-bond acceptors (Lipinski definition) is 5. The highest BCUT2D eigenvalue weighted by Gasteiger charge is 2.23. The van der Waals surface area contributed by atoms with Gasteiger partial charge in [-0.15, -0.1) is 0 Å². The molecule has 146 valence electrons. The number of nitrogens with one attached hydrogen (secondary N) is 2. The zero-order chi connectivity index (χ0) is 19.3. The Morgan fingerprint density at radius 2 is 1.82 bits per heavy atom. The number of para-hydroxylation sites is 1. The van der Waals surface area contributed by atoms with Crippen molar-refractivity contribution in [3.8, 4) is 0 Å². The van der Waals surface area contributed by atoms with Crippen molar-refractivity contribution in [2.24, 2.45) is 0 Å². The number of anilines is 3. The summed E-state index contributed by atoms with van der Waals surface area (Å²) in [7, 11) is 1.75. The maximum Gasteiger partial charge on any atom is 0.257 e. The fraction of sp³-hybridized carbons (Fsp3) is 0.318. The Bertz CT molecular complexity index is 855. The summed E-state index contributed by atoms with van der Waals surface area (Å²) in [6.45, 7) is 5.96. The Kier molecular flexibility index (Phi) is 5.60. The second kappa shape index (κ2) is 8.46. The van der Waals surface area contributed by atoms with Crippen LogP contribution in [0.5, 0.6) is 0 Å². The van der Waals surface area contributed by atoms with Crippen LogP contribution < -0.4 is 15.5 Å². The van der Waals surface area contributed by atoms with Crippen molar-refractivity contribution in [3.05, 3.63) is 60.3 Å². The van der Waals surface area contributed by atoms with Gasteiger partial charge < -0.3 is 20.3 Å². The van der Waals surface area contributed by atoms with Crippen LogP contribution in [0, 0.1) is 0 Å². The number of benzene rings is 2. The first-order valence-electron chi connectivity index (χ1n) is 9.68. The lowest BCUT2D eigenvalue weighted by molar-refractivity contribution is -0.110. The van der Waals surface area contributed by atoms with Gasteiger partial charge in [0.15, 0.2) is 0 Å². The van der Waals surface area contributed by atoms with Crippen LogP contribution in [0.2, 0.25) is 0 Å². The lowest BCUT2D eigenvalue weighted by Gasteiger charge is -2.36. The van der Waals surface area contributed by atoms with E-state index in [1.54, 1.807) is 13.3 Å². The number of nitrogens with zero attached hydrogens (tertiary/aromatic N) is 2. The first-order valence-corrected chi connectivity index (χ1v) is 9.68. The Morgan fingerprint density at radius 3 is 2.57 bits per heavy atom. The maximum atomic E-state index is 12.2. The lowest BCUT2D eigenvalue weighted by atomic mass is 10.1. The van der Waals surface area contributed by atoms with Crippen molar-refractivity contribution in [1.29, 1.82) is 0 Å². The third kappa shape index (κ3) is 4.03. The Labute approximate surface area is 165 Å². The van der Waals surface area contributed by atoms with E-state index < -0.39 is 0 Å². The second-order valence-corrected chi connectivity index (χ2v) is 7.07. The van der Waals surface area contributed by atoms with Gasteiger partial charge in [-0.3, -0.25) is 9.69 Å². The van der Waals surface area contributed by atoms with Crippen molar-refractivity contribution in [2.45, 2.75) is 0 Å². The molecule has 0 bridgehead atoms. The molecule has 0 saturated carbocycles. The van der Waals surface area contributed by atoms with E-state index in [0.29, 0.717) is 5.57 Å². The van der Waals surface area contributed by atoms with Crippen LogP contribution in [-0.2, 0) is 9.53 Å². The van der Waals surface area contributed by atoms with E-state index in [2.05, 4.69) is 44.7 Å². The van der Waals surface area contributed by atoms with Crippen LogP contribution in [0.15, 0.2) is 54.7 Å². The molecule has 0 unspecified atom stereocenters. The average Bonchev–Trinajstić information content (AvgIpc) is 3.06. The standard InChI is InChI=1S/C22H26N4O2/c1-28-15-14-25-10-12-26(13-11-25)18-8-6-17(7-9-18)23-16-20-19-4-2-3-5-21(19)24-22(20)27/h2-9,16,23H,10-15H2,1H3,(H,24,27). The lowest BCUT2D eigenvalue weighted by Crippen LogP contribution is -2.47. The molecule has 1 amide bonds. The molecule has 2 heterocycles. The molecule has 0 aromatic heterocycles. The predicted octanol–water partition coefficient (Wildman–Crippen LogP) is 2.86. The Morgan fingerprint density at radius 1 is 1.07 bits per heavy atom. The van der Waals surface area contributed by atoms with E-state index in [1.165, 1.54) is 5.69 Å². The largest absolute Gasteiger partial charge is 0.383 e. The molecular formula is C22H26N4O2. The molecule has 28 heavy (non-hydrogen) atoms. The number of methoxy groups -OCH3 is 1. The number of fused-ring (bicyclic) bond motifs is 1. The van der Waals surface area contributed by atoms with E-state index in [0.717, 1.165) is 56.3 Å². The summed E-state index contributed by atoms with van der Waals surface area (Å²) >= 11 is 0. The Hall–Kier alpha value is -2.83. The quantitative estimate of drug-likeness (QED) is 0.757. The van der Waals surface area contributed by atoms with Gasteiger partial charge in [0.05, 0.1) is 12.2 Å². The third-order valence-electron chi connectivity index (χ3n) is 5.31. The molecule has 2 aromatic carbocycles. The monoisotopic (exact) mass is 378 g/mol. The average molecular weight is 378 g/mol. The van der Waals surface area contributed by atoms with Gasteiger partial charge in [-0.1, -0.05) is 18.2 Å². The number of amides is 1. The summed E-state index contributed by atoms with van der Waals surface area (Å²) in [5, 5.41) is 6.14. The van der Waals surface area contributed by atoms with Gasteiger partial charge in [0.1, 0.15) is 0 Å². The number of carbonyl (C=O) groups is 1. The molecule has 2 N–H and O–H groups in total. The van der Waals surface area contributed by atoms with Gasteiger partial charge in [0.2, 0.25) is 0 Å². The van der Waals surface area contributed by atoms with Crippen molar-refractivity contribution in [2.75, 3.05) is 62.0 Å². The second-order valence-electron chi connectivity index (χ2n) is 7.07. The molecule has 2 aliphatic heterocycles. The normalized spacial score (nSPS) is 18.2. The minimum absolute atomic E-state index is 0.0725. The molecule has 0 spiro atoms. The van der Waals surface area contributed by atoms with Crippen LogP contribution in [0.3, 0.4) is 0 Å². The van der Waals surface area contributed by atoms with Gasteiger partial charge in [-0.25, -0.2) is 0 Å². The van der Waals surface area contributed by atoms with Crippen LogP contribution in [0.1, 0.15) is 5.56 Å². The highest BCUT2D eigenvalue weighted by atomic mass is 16.5. The van der Waals surface area contributed by atoms with Crippen molar-refractivity contribution in [1.82, 2.24) is 4.90 Å². The van der Waals surface area contributed by atoms with E-state index in [4.69, 9.17) is 4.74 Å². The summed E-state index contributed by atoms with van der Waals surface area (Å²) in [5.74, 6) is -0.0725. The highest BCUT2D eigenvalue weighted by Crippen LogP contribution is 2.31. The zero-order valence-corrected chi connectivity index (χ0v) is 16.1. The van der Waals surface area contributed by atoms with Crippen molar-refractivity contribution >= 4 is 28.5 Å². The van der Waals surface area contributed by atoms with E-state index in [9.17, 15) is 4.79 Å². The Balaban J connectivity index is 1.36. The molecular weight excluding hydrogens is 352 g/mol. The first-order chi connectivity index (χ1) is 13.7. The number of hydrogen-bond donors (Lipinski definition) is 2. The summed E-state index contributed by atoms with van der Waals surface area (Å²) < 4.78 is 5.16. The highest BCUT2D eigenvalue weighted by molar-refractivity contribution is 6.31. The van der Waals surface area contributed by atoms with Crippen LogP contribution in [0.4, 0.5) is 17.1 Å². The topological polar surface area (TPSA) is 56.8 Å². The number of ether oxygens (including phenoxy) is 1. The summed E-state index contributed by atoms with van der Waals surface area (Å²) in [6, 6.07) is 16.1. The van der Waals surface area contributed by atoms with Gasteiger partial charge in [-0.2, -0.15) is 0 Å². The smallest absolute Gasteiger partial charge is 0.257 e. The van der Waals surface area contributed by atoms with Crippen molar-refractivity contribution in [3.63, 3.8) is 0 Å². The molecule has 1 saturated heterocycles. The van der Waals surface area contributed by atoms with Crippen molar-refractivity contribution < 1.29 is 9.53 Å². The number of piperazine rings is 1. The maximum absolute atomic E-state index is 12.2. The van der Waals surface area contributed by atoms with Crippen LogP contribution >= 0.6 is 0 Å². The molecule has 1 fully saturated rings. The summed E-state index contributed by atoms with van der Waals surface area (Å²) in [5.41, 5.74) is 4.65. The van der Waals surface area contributed by atoms with Gasteiger partial charge in [0, 0.05) is 68.7 Å². The summed E-state index contributed by atoms with van der Waals surface area (Å²) in [6.07, 6.45) is 1.78. The molecule has 6 nitrogen and oxygen atoms in total. The van der Waals surface area contributed by atoms with E-state index >= 15 is 0 Å². The molecule has 6 heteroatoms. The van der Waals surface area contributed by atoms with E-state index in [1.807, 2.05) is 24.3 Å². The third-order valence-corrected chi connectivity index (χ3v) is 5.31. The molecule has 0 aliphatic carbocycles.